The fraction of sp³-hybridized carbons (Fsp3) is 0.556. The van der Waals surface area contributed by atoms with Crippen LogP contribution in [0, 0.1) is 5.92 Å². The molecule has 1 fully saturated rings. The van der Waals surface area contributed by atoms with Crippen molar-refractivity contribution in [3.05, 3.63) is 18.5 Å². The third kappa shape index (κ3) is 1.77. The van der Waals surface area contributed by atoms with Gasteiger partial charge in [-0.2, -0.15) is 5.10 Å². The van der Waals surface area contributed by atoms with Crippen LogP contribution in [0.1, 0.15) is 6.42 Å². The maximum atomic E-state index is 10.8. The van der Waals surface area contributed by atoms with Crippen LogP contribution in [-0.4, -0.2) is 33.6 Å². The van der Waals surface area contributed by atoms with Crippen LogP contribution in [-0.2, 0) is 16.1 Å². The molecule has 0 amide bonds. The van der Waals surface area contributed by atoms with E-state index in [1.807, 2.05) is 12.3 Å². The Kier molecular flexibility index (Phi) is 2.49. The largest absolute Gasteiger partial charge is 0.479 e. The summed E-state index contributed by atoms with van der Waals surface area (Å²) in [5.41, 5.74) is 0. The minimum Gasteiger partial charge on any atom is -0.479 e. The number of carboxylic acid groups (broad SMARTS) is 1. The zero-order valence-corrected chi connectivity index (χ0v) is 7.67. The zero-order chi connectivity index (χ0) is 9.97. The summed E-state index contributed by atoms with van der Waals surface area (Å²) in [4.78, 5) is 10.8. The lowest BCUT2D eigenvalue weighted by Crippen LogP contribution is -2.29. The molecule has 0 spiro atoms. The Labute approximate surface area is 81.3 Å². The molecule has 5 nitrogen and oxygen atoms in total. The molecule has 0 aromatic carbocycles. The van der Waals surface area contributed by atoms with Crippen LogP contribution >= 0.6 is 0 Å². The number of carboxylic acids is 1. The summed E-state index contributed by atoms with van der Waals surface area (Å²) in [7, 11) is 0. The molecular formula is C9H12N2O3. The molecule has 1 saturated heterocycles. The third-order valence-corrected chi connectivity index (χ3v) is 2.44. The number of hydrogen-bond acceptors (Lipinski definition) is 3. The van der Waals surface area contributed by atoms with Crippen molar-refractivity contribution in [3.8, 4) is 0 Å². The van der Waals surface area contributed by atoms with Gasteiger partial charge in [0, 0.05) is 31.5 Å². The van der Waals surface area contributed by atoms with Crippen LogP contribution in [0.5, 0.6) is 0 Å². The summed E-state index contributed by atoms with van der Waals surface area (Å²) in [6, 6.07) is 1.82. The van der Waals surface area contributed by atoms with E-state index < -0.39 is 12.1 Å². The van der Waals surface area contributed by atoms with Gasteiger partial charge in [-0.05, 0) is 12.5 Å². The van der Waals surface area contributed by atoms with Gasteiger partial charge in [0.05, 0.1) is 0 Å². The van der Waals surface area contributed by atoms with E-state index in [2.05, 4.69) is 5.10 Å². The van der Waals surface area contributed by atoms with Gasteiger partial charge in [0.15, 0.2) is 6.10 Å². The summed E-state index contributed by atoms with van der Waals surface area (Å²) >= 11 is 0. The molecule has 1 aliphatic heterocycles. The maximum absolute atomic E-state index is 10.8. The molecule has 14 heavy (non-hydrogen) atoms. The molecule has 76 valence electrons. The lowest BCUT2D eigenvalue weighted by atomic mass is 10.0. The molecule has 1 aliphatic rings. The summed E-state index contributed by atoms with van der Waals surface area (Å²) < 4.78 is 6.88. The summed E-state index contributed by atoms with van der Waals surface area (Å²) in [5.74, 6) is -0.841. The van der Waals surface area contributed by atoms with Crippen molar-refractivity contribution in [1.29, 1.82) is 0 Å². The summed E-state index contributed by atoms with van der Waals surface area (Å²) in [5, 5.41) is 12.9. The van der Waals surface area contributed by atoms with Crippen molar-refractivity contribution in [2.24, 2.45) is 5.92 Å². The van der Waals surface area contributed by atoms with Gasteiger partial charge in [-0.1, -0.05) is 0 Å². The highest BCUT2D eigenvalue weighted by molar-refractivity contribution is 5.73. The first-order valence-corrected chi connectivity index (χ1v) is 4.59. The second-order valence-corrected chi connectivity index (χ2v) is 3.41. The number of rotatable bonds is 3. The average molecular weight is 196 g/mol. The van der Waals surface area contributed by atoms with E-state index in [0.717, 1.165) is 6.42 Å². The monoisotopic (exact) mass is 196 g/mol. The fourth-order valence-electron chi connectivity index (χ4n) is 1.74. The summed E-state index contributed by atoms with van der Waals surface area (Å²) in [6.45, 7) is 1.15. The Morgan fingerprint density at radius 3 is 3.21 bits per heavy atom. The number of hydrogen-bond donors (Lipinski definition) is 1. The number of nitrogens with zero attached hydrogens (tertiary/aromatic N) is 2. The molecule has 2 heterocycles. The fourth-order valence-corrected chi connectivity index (χ4v) is 1.74. The van der Waals surface area contributed by atoms with E-state index in [1.54, 1.807) is 10.9 Å². The van der Waals surface area contributed by atoms with Crippen LogP contribution in [0.3, 0.4) is 0 Å². The van der Waals surface area contributed by atoms with Crippen LogP contribution in [0.2, 0.25) is 0 Å². The Balaban J connectivity index is 2.00. The van der Waals surface area contributed by atoms with Gasteiger partial charge in [-0.3, -0.25) is 4.68 Å². The Bertz CT molecular complexity index is 310. The first kappa shape index (κ1) is 9.21. The molecular weight excluding hydrogens is 184 g/mol. The smallest absolute Gasteiger partial charge is 0.333 e. The molecule has 0 aliphatic carbocycles. The molecule has 5 heteroatoms. The van der Waals surface area contributed by atoms with Crippen LogP contribution < -0.4 is 0 Å². The molecule has 1 N–H and O–H groups in total. The maximum Gasteiger partial charge on any atom is 0.333 e. The van der Waals surface area contributed by atoms with Crippen molar-refractivity contribution < 1.29 is 14.6 Å². The van der Waals surface area contributed by atoms with E-state index in [1.165, 1.54) is 0 Å². The molecule has 0 bridgehead atoms. The van der Waals surface area contributed by atoms with E-state index in [0.29, 0.717) is 13.2 Å². The Morgan fingerprint density at radius 2 is 2.57 bits per heavy atom. The highest BCUT2D eigenvalue weighted by Gasteiger charge is 2.34. The zero-order valence-electron chi connectivity index (χ0n) is 7.67. The van der Waals surface area contributed by atoms with Crippen LogP contribution in [0.25, 0.3) is 0 Å². The van der Waals surface area contributed by atoms with E-state index in [4.69, 9.17) is 9.84 Å². The minimum atomic E-state index is -0.875. The molecule has 2 rings (SSSR count). The normalized spacial score (nSPS) is 26.6. The average Bonchev–Trinajstić information content (AvgIpc) is 2.75. The van der Waals surface area contributed by atoms with Gasteiger partial charge in [-0.25, -0.2) is 4.79 Å². The van der Waals surface area contributed by atoms with Crippen molar-refractivity contribution in [2.75, 3.05) is 6.61 Å². The quantitative estimate of drug-likeness (QED) is 0.758. The van der Waals surface area contributed by atoms with Gasteiger partial charge < -0.3 is 9.84 Å². The molecule has 1 aromatic rings. The lowest BCUT2D eigenvalue weighted by molar-refractivity contribution is -0.149. The second kappa shape index (κ2) is 3.79. The molecule has 0 saturated carbocycles. The van der Waals surface area contributed by atoms with Gasteiger partial charge >= 0.3 is 5.97 Å². The summed E-state index contributed by atoms with van der Waals surface area (Å²) in [6.07, 6.45) is 3.64. The van der Waals surface area contributed by atoms with Crippen LogP contribution in [0.4, 0.5) is 0 Å². The number of carbonyl (C=O) groups is 1. The Hall–Kier alpha value is -1.36. The molecule has 0 unspecified atom stereocenters. The second-order valence-electron chi connectivity index (χ2n) is 3.41. The standard InChI is InChI=1S/C9H12N2O3/c12-9(13)8-7(2-5-14-8)6-11-4-1-3-10-11/h1,3-4,7-8H,2,5-6H2,(H,12,13)/t7-,8+/m0/s1. The van der Waals surface area contributed by atoms with E-state index in [9.17, 15) is 4.79 Å². The first-order chi connectivity index (χ1) is 6.77. The predicted octanol–water partition coefficient (Wildman–Crippen LogP) is 0.373. The van der Waals surface area contributed by atoms with E-state index >= 15 is 0 Å². The SMILES string of the molecule is O=C(O)[C@@H]1OCC[C@H]1Cn1cccn1. The highest BCUT2D eigenvalue weighted by Crippen LogP contribution is 2.22. The van der Waals surface area contributed by atoms with Crippen molar-refractivity contribution in [3.63, 3.8) is 0 Å². The van der Waals surface area contributed by atoms with Crippen molar-refractivity contribution in [2.45, 2.75) is 19.1 Å². The number of aromatic nitrogens is 2. The lowest BCUT2D eigenvalue weighted by Gasteiger charge is -2.13. The van der Waals surface area contributed by atoms with Crippen molar-refractivity contribution in [1.82, 2.24) is 9.78 Å². The molecule has 1 aromatic heterocycles. The minimum absolute atomic E-state index is 0.0346. The van der Waals surface area contributed by atoms with E-state index in [-0.39, 0.29) is 5.92 Å². The Morgan fingerprint density at radius 1 is 1.71 bits per heavy atom. The van der Waals surface area contributed by atoms with Gasteiger partial charge in [0.1, 0.15) is 0 Å². The first-order valence-electron chi connectivity index (χ1n) is 4.59. The third-order valence-electron chi connectivity index (χ3n) is 2.44. The highest BCUT2D eigenvalue weighted by atomic mass is 16.5. The molecule has 2 atom stereocenters. The van der Waals surface area contributed by atoms with Crippen LogP contribution in [0.15, 0.2) is 18.5 Å². The predicted molar refractivity (Wildman–Crippen MR) is 47.7 cm³/mol. The molecule has 0 radical (unpaired) electrons. The van der Waals surface area contributed by atoms with Gasteiger partial charge in [-0.15, -0.1) is 0 Å². The topological polar surface area (TPSA) is 64.3 Å². The van der Waals surface area contributed by atoms with Gasteiger partial charge in [0.25, 0.3) is 0 Å². The number of aliphatic carboxylic acids is 1. The van der Waals surface area contributed by atoms with Gasteiger partial charge in [0.2, 0.25) is 0 Å². The number of ether oxygens (including phenoxy) is 1. The van der Waals surface area contributed by atoms with Crippen molar-refractivity contribution >= 4 is 5.97 Å².